The largest absolute Gasteiger partial charge is 0.497 e. The third kappa shape index (κ3) is 3.88. The molecule has 0 fully saturated rings. The molecule has 0 aliphatic carbocycles. The average Bonchev–Trinajstić information content (AvgIpc) is 3.05. The van der Waals surface area contributed by atoms with Crippen molar-refractivity contribution in [1.29, 1.82) is 0 Å². The lowest BCUT2D eigenvalue weighted by atomic mass is 10.2. The van der Waals surface area contributed by atoms with Crippen molar-refractivity contribution in [2.75, 3.05) is 12.4 Å². The van der Waals surface area contributed by atoms with Crippen LogP contribution >= 0.6 is 45.5 Å². The fourth-order valence-corrected chi connectivity index (χ4v) is 3.47. The summed E-state index contributed by atoms with van der Waals surface area (Å²) in [7, 11) is 1.63. The van der Waals surface area contributed by atoms with Crippen molar-refractivity contribution in [2.24, 2.45) is 0 Å². The molecule has 3 aromatic rings. The Hall–Kier alpha value is -1.64. The fraction of sp³-hybridized carbons (Fsp3) is 0.0588. The number of hydrogen-bond donors (Lipinski definition) is 1. The first-order valence-corrected chi connectivity index (χ1v) is 9.27. The number of methoxy groups -OCH3 is 1. The topological polar surface area (TPSA) is 51.2 Å². The molecule has 3 rings (SSSR count). The number of nitrogens with zero attached hydrogens (tertiary/aromatic N) is 1. The van der Waals surface area contributed by atoms with Crippen LogP contribution < -0.4 is 10.1 Å². The van der Waals surface area contributed by atoms with Gasteiger partial charge in [-0.2, -0.15) is 0 Å². The molecule has 0 saturated heterocycles. The molecule has 2 aromatic carbocycles. The number of halogens is 2. The molecule has 0 saturated carbocycles. The van der Waals surface area contributed by atoms with Crippen LogP contribution in [0.4, 0.5) is 5.13 Å². The number of thiazole rings is 1. The number of carbonyl (C=O) groups is 1. The average molecular weight is 471 g/mol. The van der Waals surface area contributed by atoms with Crippen LogP contribution in [0.2, 0.25) is 5.02 Å². The minimum absolute atomic E-state index is 0.269. The van der Waals surface area contributed by atoms with Crippen LogP contribution in [-0.4, -0.2) is 18.0 Å². The highest BCUT2D eigenvalue weighted by molar-refractivity contribution is 14.1. The van der Waals surface area contributed by atoms with E-state index in [1.807, 2.05) is 35.7 Å². The predicted molar refractivity (Wildman–Crippen MR) is 106 cm³/mol. The van der Waals surface area contributed by atoms with Gasteiger partial charge in [0.1, 0.15) is 5.75 Å². The molecule has 0 bridgehead atoms. The molecule has 4 nitrogen and oxygen atoms in total. The molecule has 1 heterocycles. The van der Waals surface area contributed by atoms with Gasteiger partial charge in [-0.1, -0.05) is 11.6 Å². The van der Waals surface area contributed by atoms with Crippen LogP contribution in [0.5, 0.6) is 5.75 Å². The molecule has 0 aliphatic rings. The molecule has 0 atom stereocenters. The van der Waals surface area contributed by atoms with Gasteiger partial charge in [0.15, 0.2) is 5.13 Å². The summed E-state index contributed by atoms with van der Waals surface area (Å²) in [6, 6.07) is 12.9. The van der Waals surface area contributed by atoms with E-state index < -0.39 is 0 Å². The van der Waals surface area contributed by atoms with Crippen molar-refractivity contribution in [2.45, 2.75) is 0 Å². The second-order valence-electron chi connectivity index (χ2n) is 4.84. The van der Waals surface area contributed by atoms with E-state index in [1.165, 1.54) is 11.3 Å². The van der Waals surface area contributed by atoms with Crippen LogP contribution in [0, 0.1) is 3.57 Å². The number of anilines is 1. The number of nitrogens with one attached hydrogen (secondary N) is 1. The number of ether oxygens (including phenoxy) is 1. The van der Waals surface area contributed by atoms with Gasteiger partial charge >= 0.3 is 0 Å². The van der Waals surface area contributed by atoms with Crippen LogP contribution in [-0.2, 0) is 0 Å². The lowest BCUT2D eigenvalue weighted by Gasteiger charge is -2.04. The minimum Gasteiger partial charge on any atom is -0.497 e. The highest BCUT2D eigenvalue weighted by Crippen LogP contribution is 2.27. The summed E-state index contributed by atoms with van der Waals surface area (Å²) in [6.07, 6.45) is 0. The van der Waals surface area contributed by atoms with Crippen molar-refractivity contribution >= 4 is 56.6 Å². The van der Waals surface area contributed by atoms with Crippen molar-refractivity contribution in [3.8, 4) is 17.0 Å². The Morgan fingerprint density at radius 3 is 2.71 bits per heavy atom. The predicted octanol–water partition coefficient (Wildman–Crippen LogP) is 5.33. The number of rotatable bonds is 4. The smallest absolute Gasteiger partial charge is 0.258 e. The van der Waals surface area contributed by atoms with Gasteiger partial charge < -0.3 is 4.74 Å². The molecular weight excluding hydrogens is 459 g/mol. The molecule has 7 heteroatoms. The van der Waals surface area contributed by atoms with Gasteiger partial charge in [0, 0.05) is 14.5 Å². The first-order chi connectivity index (χ1) is 11.6. The second-order valence-corrected chi connectivity index (χ2v) is 7.36. The quantitative estimate of drug-likeness (QED) is 0.525. The number of aromatic nitrogens is 1. The first kappa shape index (κ1) is 17.2. The molecule has 1 amide bonds. The summed E-state index contributed by atoms with van der Waals surface area (Å²) >= 11 is 9.60. The molecule has 0 radical (unpaired) electrons. The lowest BCUT2D eigenvalue weighted by molar-refractivity contribution is 0.102. The van der Waals surface area contributed by atoms with E-state index in [4.69, 9.17) is 16.3 Å². The van der Waals surface area contributed by atoms with E-state index in [-0.39, 0.29) is 5.91 Å². The minimum atomic E-state index is -0.269. The highest BCUT2D eigenvalue weighted by Gasteiger charge is 2.13. The summed E-state index contributed by atoms with van der Waals surface area (Å²) in [4.78, 5) is 16.8. The Labute approximate surface area is 162 Å². The van der Waals surface area contributed by atoms with E-state index >= 15 is 0 Å². The van der Waals surface area contributed by atoms with E-state index in [2.05, 4.69) is 32.9 Å². The summed E-state index contributed by atoms with van der Waals surface area (Å²) < 4.78 is 6.09. The Morgan fingerprint density at radius 1 is 1.25 bits per heavy atom. The van der Waals surface area contributed by atoms with Crippen LogP contribution in [0.3, 0.4) is 0 Å². The van der Waals surface area contributed by atoms with E-state index in [1.54, 1.807) is 19.2 Å². The molecule has 1 N–H and O–H groups in total. The fourth-order valence-electron chi connectivity index (χ4n) is 2.06. The van der Waals surface area contributed by atoms with Crippen LogP contribution in [0.1, 0.15) is 10.4 Å². The standard InChI is InChI=1S/C17H12ClIN2O2S/c1-23-12-5-2-10(3-6-12)15-9-24-17(20-15)21-16(22)13-8-11(19)4-7-14(13)18/h2-9H,1H3,(H,20,21,22). The lowest BCUT2D eigenvalue weighted by Crippen LogP contribution is -2.12. The van der Waals surface area contributed by atoms with Crippen molar-refractivity contribution < 1.29 is 9.53 Å². The van der Waals surface area contributed by atoms with Crippen molar-refractivity contribution in [3.63, 3.8) is 0 Å². The summed E-state index contributed by atoms with van der Waals surface area (Å²) in [5.41, 5.74) is 2.19. The maximum absolute atomic E-state index is 12.4. The van der Waals surface area contributed by atoms with Crippen molar-refractivity contribution in [3.05, 3.63) is 62.0 Å². The Bertz CT molecular complexity index is 881. The van der Waals surface area contributed by atoms with Crippen LogP contribution in [0.25, 0.3) is 11.3 Å². The van der Waals surface area contributed by atoms with E-state index in [0.717, 1.165) is 20.6 Å². The molecule has 0 unspecified atom stereocenters. The van der Waals surface area contributed by atoms with Gasteiger partial charge in [0.2, 0.25) is 0 Å². The van der Waals surface area contributed by atoms with E-state index in [9.17, 15) is 4.79 Å². The van der Waals surface area contributed by atoms with Crippen molar-refractivity contribution in [1.82, 2.24) is 4.98 Å². The normalized spacial score (nSPS) is 10.5. The highest BCUT2D eigenvalue weighted by atomic mass is 127. The first-order valence-electron chi connectivity index (χ1n) is 6.93. The molecule has 0 spiro atoms. The van der Waals surface area contributed by atoms with Gasteiger partial charge in [-0.15, -0.1) is 11.3 Å². The molecule has 1 aromatic heterocycles. The Morgan fingerprint density at radius 2 is 2.00 bits per heavy atom. The number of benzene rings is 2. The van der Waals surface area contributed by atoms with Gasteiger partial charge in [0.05, 0.1) is 23.4 Å². The zero-order chi connectivity index (χ0) is 17.1. The monoisotopic (exact) mass is 470 g/mol. The molecule has 122 valence electrons. The third-order valence-electron chi connectivity index (χ3n) is 3.28. The summed E-state index contributed by atoms with van der Waals surface area (Å²) in [6.45, 7) is 0. The van der Waals surface area contributed by atoms with Gasteiger partial charge in [-0.3, -0.25) is 10.1 Å². The molecular formula is C17H12ClIN2O2S. The number of carbonyl (C=O) groups excluding carboxylic acids is 1. The SMILES string of the molecule is COc1ccc(-c2csc(NC(=O)c3cc(I)ccc3Cl)n2)cc1. The summed E-state index contributed by atoms with van der Waals surface area (Å²) in [5.74, 6) is 0.518. The van der Waals surface area contributed by atoms with Gasteiger partial charge in [-0.25, -0.2) is 4.98 Å². The number of amides is 1. The van der Waals surface area contributed by atoms with E-state index in [0.29, 0.717) is 15.7 Å². The summed E-state index contributed by atoms with van der Waals surface area (Å²) in [5, 5.41) is 5.64. The zero-order valence-corrected chi connectivity index (χ0v) is 16.3. The molecule has 24 heavy (non-hydrogen) atoms. The Kier molecular flexibility index (Phi) is 5.37. The van der Waals surface area contributed by atoms with Gasteiger partial charge in [-0.05, 0) is 65.1 Å². The maximum Gasteiger partial charge on any atom is 0.258 e. The zero-order valence-electron chi connectivity index (χ0n) is 12.5. The third-order valence-corrected chi connectivity index (χ3v) is 5.04. The second kappa shape index (κ2) is 7.50. The maximum atomic E-state index is 12.4. The van der Waals surface area contributed by atoms with Gasteiger partial charge in [0.25, 0.3) is 5.91 Å². The Balaban J connectivity index is 1.78. The number of hydrogen-bond acceptors (Lipinski definition) is 4. The molecule has 0 aliphatic heterocycles. The van der Waals surface area contributed by atoms with Crippen LogP contribution in [0.15, 0.2) is 47.8 Å².